The van der Waals surface area contributed by atoms with E-state index in [1.165, 1.54) is 18.2 Å². The van der Waals surface area contributed by atoms with Gasteiger partial charge in [0.05, 0.1) is 6.54 Å². The first-order valence-corrected chi connectivity index (χ1v) is 9.74. The van der Waals surface area contributed by atoms with Gasteiger partial charge in [0, 0.05) is 55.4 Å². The Labute approximate surface area is 161 Å². The van der Waals surface area contributed by atoms with Crippen LogP contribution >= 0.6 is 15.9 Å². The van der Waals surface area contributed by atoms with Gasteiger partial charge in [-0.25, -0.2) is 4.39 Å². The minimum Gasteiger partial charge on any atom is -0.342 e. The Kier molecular flexibility index (Phi) is 6.43. The minimum atomic E-state index is -0.359. The van der Waals surface area contributed by atoms with Gasteiger partial charge in [-0.2, -0.15) is 0 Å². The van der Waals surface area contributed by atoms with E-state index in [4.69, 9.17) is 0 Å². The Morgan fingerprint density at radius 3 is 2.42 bits per heavy atom. The lowest BCUT2D eigenvalue weighted by atomic mass is 10.2. The molecule has 0 bridgehead atoms. The van der Waals surface area contributed by atoms with Crippen molar-refractivity contribution in [1.82, 2.24) is 14.7 Å². The SMILES string of the molecule is O=C(C=Cc1cc(Br)ccc1F)N1CCN(CC(=O)N2CCCC2)CC1. The summed E-state index contributed by atoms with van der Waals surface area (Å²) in [7, 11) is 0. The van der Waals surface area contributed by atoms with Crippen molar-refractivity contribution < 1.29 is 14.0 Å². The van der Waals surface area contributed by atoms with E-state index >= 15 is 0 Å². The molecule has 1 aromatic carbocycles. The summed E-state index contributed by atoms with van der Waals surface area (Å²) in [4.78, 5) is 30.3. The van der Waals surface area contributed by atoms with Gasteiger partial charge in [-0.3, -0.25) is 14.5 Å². The smallest absolute Gasteiger partial charge is 0.246 e. The van der Waals surface area contributed by atoms with E-state index in [0.717, 1.165) is 30.4 Å². The third-order valence-corrected chi connectivity index (χ3v) is 5.36. The van der Waals surface area contributed by atoms with Crippen molar-refractivity contribution in [2.45, 2.75) is 12.8 Å². The lowest BCUT2D eigenvalue weighted by Gasteiger charge is -2.34. The molecular weight excluding hydrogens is 401 g/mol. The van der Waals surface area contributed by atoms with E-state index < -0.39 is 0 Å². The molecule has 0 aliphatic carbocycles. The Morgan fingerprint density at radius 1 is 1.04 bits per heavy atom. The van der Waals surface area contributed by atoms with Crippen LogP contribution in [0.25, 0.3) is 6.08 Å². The van der Waals surface area contributed by atoms with Gasteiger partial charge in [0.1, 0.15) is 5.82 Å². The fourth-order valence-electron chi connectivity index (χ4n) is 3.29. The van der Waals surface area contributed by atoms with Gasteiger partial charge in [-0.15, -0.1) is 0 Å². The molecule has 2 fully saturated rings. The lowest BCUT2D eigenvalue weighted by Crippen LogP contribution is -2.51. The zero-order chi connectivity index (χ0) is 18.5. The van der Waals surface area contributed by atoms with E-state index in [0.29, 0.717) is 38.3 Å². The molecule has 2 saturated heterocycles. The van der Waals surface area contributed by atoms with Crippen LogP contribution in [0.4, 0.5) is 4.39 Å². The van der Waals surface area contributed by atoms with E-state index in [9.17, 15) is 14.0 Å². The predicted molar refractivity (Wildman–Crippen MR) is 102 cm³/mol. The number of hydrogen-bond acceptors (Lipinski definition) is 3. The normalized spacial score (nSPS) is 18.7. The fourth-order valence-corrected chi connectivity index (χ4v) is 3.67. The van der Waals surface area contributed by atoms with Crippen LogP contribution < -0.4 is 0 Å². The van der Waals surface area contributed by atoms with Crippen LogP contribution in [0.15, 0.2) is 28.7 Å². The molecular formula is C19H23BrFN3O2. The molecule has 1 aromatic rings. The molecule has 2 amide bonds. The van der Waals surface area contributed by atoms with Crippen LogP contribution in [-0.4, -0.2) is 72.3 Å². The third kappa shape index (κ3) is 4.92. The van der Waals surface area contributed by atoms with Crippen LogP contribution in [0.1, 0.15) is 18.4 Å². The third-order valence-electron chi connectivity index (χ3n) is 4.87. The Bertz CT molecular complexity index is 696. The molecule has 2 aliphatic rings. The summed E-state index contributed by atoms with van der Waals surface area (Å²) in [5.74, 6) is -0.301. The quantitative estimate of drug-likeness (QED) is 0.698. The number of amides is 2. The van der Waals surface area contributed by atoms with Crippen LogP contribution in [0.5, 0.6) is 0 Å². The van der Waals surface area contributed by atoms with Crippen LogP contribution in [-0.2, 0) is 9.59 Å². The second kappa shape index (κ2) is 8.77. The van der Waals surface area contributed by atoms with Crippen molar-refractivity contribution >= 4 is 33.8 Å². The maximum absolute atomic E-state index is 13.7. The van der Waals surface area contributed by atoms with Crippen molar-refractivity contribution in [3.63, 3.8) is 0 Å². The number of carbonyl (C=O) groups excluding carboxylic acids is 2. The zero-order valence-electron chi connectivity index (χ0n) is 14.7. The van der Waals surface area contributed by atoms with E-state index in [-0.39, 0.29) is 17.6 Å². The van der Waals surface area contributed by atoms with Crippen molar-refractivity contribution in [3.8, 4) is 0 Å². The summed E-state index contributed by atoms with van der Waals surface area (Å²) >= 11 is 3.30. The van der Waals surface area contributed by atoms with Gasteiger partial charge in [0.15, 0.2) is 0 Å². The Morgan fingerprint density at radius 2 is 1.73 bits per heavy atom. The number of benzene rings is 1. The summed E-state index contributed by atoms with van der Waals surface area (Å²) in [6.07, 6.45) is 5.11. The van der Waals surface area contributed by atoms with Crippen molar-refractivity contribution in [1.29, 1.82) is 0 Å². The highest BCUT2D eigenvalue weighted by atomic mass is 79.9. The first kappa shape index (κ1) is 19.0. The number of rotatable bonds is 4. The molecule has 7 heteroatoms. The monoisotopic (exact) mass is 423 g/mol. The lowest BCUT2D eigenvalue weighted by molar-refractivity contribution is -0.132. The largest absolute Gasteiger partial charge is 0.342 e. The molecule has 3 rings (SSSR count). The zero-order valence-corrected chi connectivity index (χ0v) is 16.3. The van der Waals surface area contributed by atoms with E-state index in [2.05, 4.69) is 20.8 Å². The number of nitrogens with zero attached hydrogens (tertiary/aromatic N) is 3. The Hall–Kier alpha value is -1.73. The van der Waals surface area contributed by atoms with Crippen LogP contribution in [0.2, 0.25) is 0 Å². The minimum absolute atomic E-state index is 0.130. The van der Waals surface area contributed by atoms with Gasteiger partial charge >= 0.3 is 0 Å². The molecule has 0 radical (unpaired) electrons. The maximum Gasteiger partial charge on any atom is 0.246 e. The van der Waals surface area contributed by atoms with Gasteiger partial charge in [-0.1, -0.05) is 15.9 Å². The second-order valence-electron chi connectivity index (χ2n) is 6.69. The molecule has 0 saturated carbocycles. The first-order valence-electron chi connectivity index (χ1n) is 8.95. The standard InChI is InChI=1S/C19H23BrFN3O2/c20-16-4-5-17(21)15(13-16)3-6-18(25)24-11-9-22(10-12-24)14-19(26)23-7-1-2-8-23/h3-6,13H,1-2,7-12,14H2. The van der Waals surface area contributed by atoms with E-state index in [1.54, 1.807) is 17.0 Å². The molecule has 2 aliphatic heterocycles. The molecule has 0 N–H and O–H groups in total. The predicted octanol–water partition coefficient (Wildman–Crippen LogP) is 2.37. The van der Waals surface area contributed by atoms with E-state index in [1.807, 2.05) is 4.90 Å². The molecule has 0 spiro atoms. The highest BCUT2D eigenvalue weighted by Gasteiger charge is 2.24. The summed E-state index contributed by atoms with van der Waals surface area (Å²) < 4.78 is 14.5. The number of hydrogen-bond donors (Lipinski definition) is 0. The molecule has 0 unspecified atom stereocenters. The average molecular weight is 424 g/mol. The van der Waals surface area contributed by atoms with Crippen molar-refractivity contribution in [3.05, 3.63) is 40.1 Å². The Balaban J connectivity index is 1.48. The average Bonchev–Trinajstić information content (AvgIpc) is 3.18. The molecule has 0 aromatic heterocycles. The molecule has 2 heterocycles. The second-order valence-corrected chi connectivity index (χ2v) is 7.60. The molecule has 26 heavy (non-hydrogen) atoms. The number of piperazine rings is 1. The van der Waals surface area contributed by atoms with Crippen molar-refractivity contribution in [2.75, 3.05) is 45.8 Å². The summed E-state index contributed by atoms with van der Waals surface area (Å²) in [5.41, 5.74) is 0.377. The molecule has 140 valence electrons. The first-order chi connectivity index (χ1) is 12.5. The summed E-state index contributed by atoms with van der Waals surface area (Å²) in [6, 6.07) is 4.63. The van der Waals surface area contributed by atoms with Gasteiger partial charge in [0.25, 0.3) is 0 Å². The number of carbonyl (C=O) groups is 2. The molecule has 0 atom stereocenters. The van der Waals surface area contributed by atoms with Gasteiger partial charge in [-0.05, 0) is 37.1 Å². The maximum atomic E-state index is 13.7. The van der Waals surface area contributed by atoms with Crippen LogP contribution in [0, 0.1) is 5.82 Å². The summed E-state index contributed by atoms with van der Waals surface area (Å²) in [5, 5.41) is 0. The highest BCUT2D eigenvalue weighted by Crippen LogP contribution is 2.17. The summed E-state index contributed by atoms with van der Waals surface area (Å²) in [6.45, 7) is 4.70. The fraction of sp³-hybridized carbons (Fsp3) is 0.474. The number of halogens is 2. The van der Waals surface area contributed by atoms with Crippen molar-refractivity contribution in [2.24, 2.45) is 0 Å². The number of likely N-dealkylation sites (tertiary alicyclic amines) is 1. The van der Waals surface area contributed by atoms with Gasteiger partial charge in [0.2, 0.25) is 11.8 Å². The highest BCUT2D eigenvalue weighted by molar-refractivity contribution is 9.10. The van der Waals surface area contributed by atoms with Gasteiger partial charge < -0.3 is 9.80 Å². The topological polar surface area (TPSA) is 43.9 Å². The molecule has 5 nitrogen and oxygen atoms in total. The van der Waals surface area contributed by atoms with Crippen LogP contribution in [0.3, 0.4) is 0 Å².